The fourth-order valence-corrected chi connectivity index (χ4v) is 3.94. The molecule has 1 aliphatic carbocycles. The summed E-state index contributed by atoms with van der Waals surface area (Å²) >= 11 is 6.07. The van der Waals surface area contributed by atoms with Crippen molar-refractivity contribution in [3.05, 3.63) is 75.0 Å². The van der Waals surface area contributed by atoms with E-state index in [0.29, 0.717) is 19.6 Å². The van der Waals surface area contributed by atoms with Crippen molar-refractivity contribution in [1.82, 2.24) is 9.55 Å². The zero-order valence-electron chi connectivity index (χ0n) is 16.8. The molecule has 4 rings (SSSR count). The van der Waals surface area contributed by atoms with Crippen molar-refractivity contribution in [3.63, 3.8) is 0 Å². The molecule has 3 atom stereocenters. The van der Waals surface area contributed by atoms with E-state index in [2.05, 4.69) is 4.98 Å². The fraction of sp³-hybridized carbons (Fsp3) is 0.318. The second-order valence-corrected chi connectivity index (χ2v) is 7.92. The molecule has 1 amide bonds. The molecule has 9 heteroatoms. The highest BCUT2D eigenvalue weighted by Gasteiger charge is 2.42. The lowest BCUT2D eigenvalue weighted by Gasteiger charge is -2.19. The first-order chi connectivity index (χ1) is 14.9. The van der Waals surface area contributed by atoms with Crippen LogP contribution in [-0.4, -0.2) is 22.3 Å². The summed E-state index contributed by atoms with van der Waals surface area (Å²) in [4.78, 5) is 29.0. The Labute approximate surface area is 182 Å². The van der Waals surface area contributed by atoms with Crippen LogP contribution in [0.2, 0.25) is 5.02 Å². The Morgan fingerprint density at radius 1 is 1.32 bits per heavy atom. The van der Waals surface area contributed by atoms with Crippen LogP contribution in [-0.2, 0) is 16.1 Å². The van der Waals surface area contributed by atoms with Crippen LogP contribution < -0.4 is 11.3 Å². The third kappa shape index (κ3) is 4.40. The third-order valence-corrected chi connectivity index (χ3v) is 5.67. The van der Waals surface area contributed by atoms with Crippen molar-refractivity contribution in [3.8, 4) is 0 Å². The first-order valence-electron chi connectivity index (χ1n) is 9.84. The van der Waals surface area contributed by atoms with Crippen LogP contribution in [0.1, 0.15) is 36.9 Å². The molecule has 1 aromatic heterocycles. The van der Waals surface area contributed by atoms with Crippen molar-refractivity contribution in [2.75, 3.05) is 6.61 Å². The molecule has 2 unspecified atom stereocenters. The number of nitrogens with two attached hydrogens (primary N) is 1. The molecule has 2 N–H and O–H groups in total. The predicted octanol–water partition coefficient (Wildman–Crippen LogP) is 4.12. The smallest absolute Gasteiger partial charge is 0.405 e. The first-order valence-corrected chi connectivity index (χ1v) is 10.2. The highest BCUT2D eigenvalue weighted by Crippen LogP contribution is 2.44. The molecule has 0 saturated heterocycles. The van der Waals surface area contributed by atoms with E-state index in [1.54, 1.807) is 6.92 Å². The van der Waals surface area contributed by atoms with Gasteiger partial charge in [-0.1, -0.05) is 41.9 Å². The van der Waals surface area contributed by atoms with Gasteiger partial charge in [-0.25, -0.2) is 14.2 Å². The average Bonchev–Trinajstić information content (AvgIpc) is 3.49. The van der Waals surface area contributed by atoms with Gasteiger partial charge in [0.15, 0.2) is 11.9 Å². The number of carbonyl (C=O) groups excluding carboxylic acids is 1. The Balaban J connectivity index is 1.64. The molecule has 1 aliphatic rings. The summed E-state index contributed by atoms with van der Waals surface area (Å²) in [6.07, 6.45) is -1.18. The van der Waals surface area contributed by atoms with Crippen LogP contribution in [0.15, 0.2) is 47.3 Å². The Morgan fingerprint density at radius 2 is 2.06 bits per heavy atom. The molecule has 1 fully saturated rings. The summed E-state index contributed by atoms with van der Waals surface area (Å²) < 4.78 is 26.3. The van der Waals surface area contributed by atoms with Crippen molar-refractivity contribution >= 4 is 28.6 Å². The second-order valence-electron chi connectivity index (χ2n) is 7.54. The summed E-state index contributed by atoms with van der Waals surface area (Å²) in [5.41, 5.74) is 5.94. The SMILES string of the molecule is C[C@H](OC(N)=O)c1nc2ccc(F)c(Cl)c2c(=O)n1C1CC1COCc1ccccc1. The minimum absolute atomic E-state index is 0.00690. The van der Waals surface area contributed by atoms with Gasteiger partial charge in [0.25, 0.3) is 5.56 Å². The van der Waals surface area contributed by atoms with Gasteiger partial charge >= 0.3 is 6.09 Å². The third-order valence-electron chi connectivity index (χ3n) is 5.30. The number of nitrogens with zero attached hydrogens (tertiary/aromatic N) is 2. The van der Waals surface area contributed by atoms with E-state index >= 15 is 0 Å². The molecule has 1 saturated carbocycles. The highest BCUT2D eigenvalue weighted by atomic mass is 35.5. The van der Waals surface area contributed by atoms with Gasteiger partial charge in [0.1, 0.15) is 5.82 Å². The largest absolute Gasteiger partial charge is 0.439 e. The molecule has 3 aromatic rings. The standard InChI is InChI=1S/C22H21ClFN3O4/c1-12(31-22(25)29)20-26-16-8-7-15(24)19(23)18(16)21(28)27(20)17-9-14(17)11-30-10-13-5-3-2-4-6-13/h2-8,12,14,17H,9-11H2,1H3,(H2,25,29)/t12-,14?,17?/m0/s1. The van der Waals surface area contributed by atoms with Crippen molar-refractivity contribution < 1.29 is 18.7 Å². The number of amides is 1. The molecule has 2 aromatic carbocycles. The highest BCUT2D eigenvalue weighted by molar-refractivity contribution is 6.35. The lowest BCUT2D eigenvalue weighted by molar-refractivity contribution is 0.102. The normalized spacial score (nSPS) is 18.7. The number of ether oxygens (including phenoxy) is 2. The summed E-state index contributed by atoms with van der Waals surface area (Å²) in [6, 6.07) is 12.0. The Bertz CT molecular complexity index is 1180. The number of hydrogen-bond donors (Lipinski definition) is 1. The minimum Gasteiger partial charge on any atom is -0.439 e. The van der Waals surface area contributed by atoms with E-state index in [4.69, 9.17) is 26.8 Å². The number of rotatable bonds is 7. The van der Waals surface area contributed by atoms with Crippen LogP contribution >= 0.6 is 11.6 Å². The second kappa shape index (κ2) is 8.64. The van der Waals surface area contributed by atoms with E-state index in [9.17, 15) is 14.0 Å². The summed E-state index contributed by atoms with van der Waals surface area (Å²) in [7, 11) is 0. The molecule has 1 heterocycles. The fourth-order valence-electron chi connectivity index (χ4n) is 3.70. The minimum atomic E-state index is -0.982. The zero-order valence-corrected chi connectivity index (χ0v) is 17.5. The van der Waals surface area contributed by atoms with E-state index in [0.717, 1.165) is 11.6 Å². The molecule has 31 heavy (non-hydrogen) atoms. The molecule has 0 aliphatic heterocycles. The predicted molar refractivity (Wildman–Crippen MR) is 113 cm³/mol. The quantitative estimate of drug-likeness (QED) is 0.590. The molecular weight excluding hydrogens is 425 g/mol. The van der Waals surface area contributed by atoms with Crippen LogP contribution in [0.5, 0.6) is 0 Å². The summed E-state index contributed by atoms with van der Waals surface area (Å²) in [5, 5.41) is -0.288. The van der Waals surface area contributed by atoms with Gasteiger partial charge in [-0.05, 0) is 31.0 Å². The first kappa shape index (κ1) is 21.3. The molecule has 0 bridgehead atoms. The maximum atomic E-state index is 14.0. The van der Waals surface area contributed by atoms with Crippen molar-refractivity contribution in [1.29, 1.82) is 0 Å². The van der Waals surface area contributed by atoms with Crippen molar-refractivity contribution in [2.24, 2.45) is 11.7 Å². The zero-order chi connectivity index (χ0) is 22.1. The maximum absolute atomic E-state index is 14.0. The maximum Gasteiger partial charge on any atom is 0.405 e. The molecular formula is C22H21ClFN3O4. The van der Waals surface area contributed by atoms with E-state index in [1.807, 2.05) is 30.3 Å². The molecule has 0 radical (unpaired) electrons. The van der Waals surface area contributed by atoms with Crippen LogP contribution in [0.3, 0.4) is 0 Å². The number of carbonyl (C=O) groups is 1. The molecule has 0 spiro atoms. The number of fused-ring (bicyclic) bond motifs is 1. The lowest BCUT2D eigenvalue weighted by Crippen LogP contribution is -2.29. The average molecular weight is 446 g/mol. The number of primary amides is 1. The number of benzene rings is 2. The lowest BCUT2D eigenvalue weighted by atomic mass is 10.2. The Kier molecular flexibility index (Phi) is 5.93. The number of halogens is 2. The summed E-state index contributed by atoms with van der Waals surface area (Å²) in [6.45, 7) is 2.47. The number of aromatic nitrogens is 2. The molecule has 162 valence electrons. The summed E-state index contributed by atoms with van der Waals surface area (Å²) in [5.74, 6) is -0.408. The van der Waals surface area contributed by atoms with Crippen LogP contribution in [0.25, 0.3) is 10.9 Å². The van der Waals surface area contributed by atoms with Gasteiger partial charge < -0.3 is 15.2 Å². The monoisotopic (exact) mass is 445 g/mol. The van der Waals surface area contributed by atoms with E-state index in [-0.39, 0.29) is 33.7 Å². The van der Waals surface area contributed by atoms with Gasteiger partial charge in [0.2, 0.25) is 0 Å². The van der Waals surface area contributed by atoms with Gasteiger partial charge in [0, 0.05) is 12.0 Å². The van der Waals surface area contributed by atoms with Gasteiger partial charge in [-0.2, -0.15) is 0 Å². The van der Waals surface area contributed by atoms with Crippen LogP contribution in [0, 0.1) is 11.7 Å². The van der Waals surface area contributed by atoms with Gasteiger partial charge in [-0.15, -0.1) is 0 Å². The Morgan fingerprint density at radius 3 is 2.77 bits per heavy atom. The van der Waals surface area contributed by atoms with E-state index < -0.39 is 23.6 Å². The van der Waals surface area contributed by atoms with Gasteiger partial charge in [0.05, 0.1) is 29.1 Å². The van der Waals surface area contributed by atoms with Gasteiger partial charge in [-0.3, -0.25) is 9.36 Å². The van der Waals surface area contributed by atoms with Crippen LogP contribution in [0.4, 0.5) is 9.18 Å². The van der Waals surface area contributed by atoms with E-state index in [1.165, 1.54) is 10.6 Å². The number of hydrogen-bond acceptors (Lipinski definition) is 5. The molecule has 7 nitrogen and oxygen atoms in total. The topological polar surface area (TPSA) is 96.4 Å². The van der Waals surface area contributed by atoms with Crippen molar-refractivity contribution in [2.45, 2.75) is 32.1 Å². The Hall–Kier alpha value is -2.97.